The summed E-state index contributed by atoms with van der Waals surface area (Å²) in [6.45, 7) is 5.71. The Kier molecular flexibility index (Phi) is 6.22. The van der Waals surface area contributed by atoms with Crippen LogP contribution in [0.5, 0.6) is 0 Å². The van der Waals surface area contributed by atoms with Crippen molar-refractivity contribution in [3.63, 3.8) is 0 Å². The average Bonchev–Trinajstić information content (AvgIpc) is 3.45. The van der Waals surface area contributed by atoms with Gasteiger partial charge in [0.05, 0.1) is 11.9 Å². The van der Waals surface area contributed by atoms with E-state index < -0.39 is 0 Å². The van der Waals surface area contributed by atoms with Gasteiger partial charge < -0.3 is 9.30 Å². The maximum atomic E-state index is 12.8. The van der Waals surface area contributed by atoms with Crippen LogP contribution in [0.15, 0.2) is 40.0 Å². The molecule has 6 nitrogen and oxygen atoms in total. The Morgan fingerprint density at radius 3 is 2.86 bits per heavy atom. The molecule has 1 N–H and O–H groups in total. The number of carbonyl (C=O) groups excluding carboxylic acids is 1. The number of ether oxygens (including phenoxy) is 1. The third-order valence-corrected chi connectivity index (χ3v) is 6.58. The molecule has 1 saturated heterocycles. The first kappa shape index (κ1) is 20.4. The van der Waals surface area contributed by atoms with Crippen LogP contribution >= 0.6 is 27.7 Å². The van der Waals surface area contributed by atoms with Crippen molar-refractivity contribution in [1.29, 1.82) is 0 Å². The highest BCUT2D eigenvalue weighted by atomic mass is 79.9. The van der Waals surface area contributed by atoms with Crippen molar-refractivity contribution in [2.75, 3.05) is 12.4 Å². The van der Waals surface area contributed by atoms with Gasteiger partial charge in [-0.3, -0.25) is 9.89 Å². The normalized spacial score (nSPS) is 16.4. The summed E-state index contributed by atoms with van der Waals surface area (Å²) in [5, 5.41) is 7.75. The molecule has 1 aliphatic heterocycles. The molecule has 3 heterocycles. The van der Waals surface area contributed by atoms with E-state index in [1.807, 2.05) is 44.2 Å². The van der Waals surface area contributed by atoms with Gasteiger partial charge in [0.25, 0.3) is 0 Å². The molecule has 0 aliphatic carbocycles. The minimum atomic E-state index is 0.0941. The highest BCUT2D eigenvalue weighted by Crippen LogP contribution is 2.24. The van der Waals surface area contributed by atoms with Gasteiger partial charge in [0.15, 0.2) is 11.6 Å². The monoisotopic (exact) mass is 474 g/mol. The van der Waals surface area contributed by atoms with Crippen LogP contribution in [0, 0.1) is 13.8 Å². The molecule has 2 aromatic heterocycles. The zero-order chi connectivity index (χ0) is 20.4. The Balaban J connectivity index is 1.40. The van der Waals surface area contributed by atoms with Gasteiger partial charge in [0.2, 0.25) is 5.16 Å². The Morgan fingerprint density at radius 2 is 2.14 bits per heavy atom. The first-order chi connectivity index (χ1) is 14.0. The fourth-order valence-electron chi connectivity index (χ4n) is 3.61. The van der Waals surface area contributed by atoms with Gasteiger partial charge in [-0.1, -0.05) is 39.8 Å². The van der Waals surface area contributed by atoms with Crippen molar-refractivity contribution >= 4 is 33.5 Å². The molecule has 1 aliphatic rings. The standard InChI is InChI=1S/C21H23BrN4O2S/c1-13-10-18(14(2)26(13)11-17-4-3-9-28-17)19(27)12-29-21-23-20(24-25-21)15-5-7-16(22)8-6-15/h5-8,10,17H,3-4,9,11-12H2,1-2H3,(H,23,24,25)/t17-/m0/s1. The van der Waals surface area contributed by atoms with Crippen molar-refractivity contribution in [1.82, 2.24) is 19.7 Å². The van der Waals surface area contributed by atoms with Crippen molar-refractivity contribution < 1.29 is 9.53 Å². The highest BCUT2D eigenvalue weighted by Gasteiger charge is 2.21. The summed E-state index contributed by atoms with van der Waals surface area (Å²) in [5.74, 6) is 1.10. The first-order valence-electron chi connectivity index (χ1n) is 9.64. The quantitative estimate of drug-likeness (QED) is 0.392. The van der Waals surface area contributed by atoms with Gasteiger partial charge in [-0.25, -0.2) is 4.98 Å². The number of thioether (sulfide) groups is 1. The number of aryl methyl sites for hydroxylation is 1. The summed E-state index contributed by atoms with van der Waals surface area (Å²) in [7, 11) is 0. The Labute approximate surface area is 182 Å². The van der Waals surface area contributed by atoms with Crippen molar-refractivity contribution in [3.05, 3.63) is 51.8 Å². The van der Waals surface area contributed by atoms with Crippen LogP contribution in [0.3, 0.4) is 0 Å². The third-order valence-electron chi connectivity index (χ3n) is 5.20. The zero-order valence-electron chi connectivity index (χ0n) is 16.4. The van der Waals surface area contributed by atoms with Gasteiger partial charge in [-0.2, -0.15) is 0 Å². The molecule has 29 heavy (non-hydrogen) atoms. The maximum Gasteiger partial charge on any atom is 0.209 e. The number of aromatic nitrogens is 4. The number of halogens is 1. The molecule has 0 radical (unpaired) electrons. The Hall–Kier alpha value is -1.90. The fourth-order valence-corrected chi connectivity index (χ4v) is 4.56. The number of nitrogens with zero attached hydrogens (tertiary/aromatic N) is 3. The summed E-state index contributed by atoms with van der Waals surface area (Å²) in [6.07, 6.45) is 2.45. The van der Waals surface area contributed by atoms with Gasteiger partial charge in [-0.15, -0.1) is 5.10 Å². The molecule has 0 amide bonds. The molecule has 1 fully saturated rings. The lowest BCUT2D eigenvalue weighted by Gasteiger charge is -2.14. The van der Waals surface area contributed by atoms with Crippen molar-refractivity contribution in [2.45, 2.75) is 44.5 Å². The maximum absolute atomic E-state index is 12.8. The molecule has 0 bridgehead atoms. The number of carbonyl (C=O) groups is 1. The topological polar surface area (TPSA) is 72.8 Å². The lowest BCUT2D eigenvalue weighted by Crippen LogP contribution is -2.17. The van der Waals surface area contributed by atoms with Crippen molar-refractivity contribution in [2.24, 2.45) is 0 Å². The minimum Gasteiger partial charge on any atom is -0.376 e. The second-order valence-electron chi connectivity index (χ2n) is 7.22. The summed E-state index contributed by atoms with van der Waals surface area (Å²) in [6, 6.07) is 9.83. The first-order valence-corrected chi connectivity index (χ1v) is 11.4. The number of aromatic amines is 1. The lowest BCUT2D eigenvalue weighted by molar-refractivity contribution is 0.0957. The van der Waals surface area contributed by atoms with Gasteiger partial charge in [0, 0.05) is 40.1 Å². The van der Waals surface area contributed by atoms with E-state index in [2.05, 4.69) is 35.7 Å². The average molecular weight is 475 g/mol. The van der Waals surface area contributed by atoms with E-state index in [9.17, 15) is 4.79 Å². The van der Waals surface area contributed by atoms with Gasteiger partial charge >= 0.3 is 0 Å². The van der Waals surface area contributed by atoms with E-state index in [-0.39, 0.29) is 11.9 Å². The molecule has 0 spiro atoms. The van der Waals surface area contributed by atoms with E-state index in [1.165, 1.54) is 11.8 Å². The summed E-state index contributed by atoms with van der Waals surface area (Å²) in [5.41, 5.74) is 3.84. The van der Waals surface area contributed by atoms with E-state index in [0.29, 0.717) is 16.7 Å². The molecular formula is C21H23BrN4O2S. The molecule has 3 aromatic rings. The molecule has 0 unspecified atom stereocenters. The number of benzene rings is 1. The zero-order valence-corrected chi connectivity index (χ0v) is 18.8. The fraction of sp³-hybridized carbons (Fsp3) is 0.381. The predicted molar refractivity (Wildman–Crippen MR) is 117 cm³/mol. The number of Topliss-reactive ketones (excluding diaryl/α,β-unsaturated/α-hetero) is 1. The second-order valence-corrected chi connectivity index (χ2v) is 9.07. The van der Waals surface area contributed by atoms with Crippen molar-refractivity contribution in [3.8, 4) is 11.4 Å². The summed E-state index contributed by atoms with van der Waals surface area (Å²) < 4.78 is 8.97. The Morgan fingerprint density at radius 1 is 1.34 bits per heavy atom. The number of rotatable bonds is 7. The SMILES string of the molecule is Cc1cc(C(=O)CSc2n[nH]c(-c3ccc(Br)cc3)n2)c(C)n1C[C@@H]1CCCO1. The molecule has 1 atom stereocenters. The largest absolute Gasteiger partial charge is 0.376 e. The molecule has 1 aromatic carbocycles. The van der Waals surface area contributed by atoms with Crippen LogP contribution in [-0.4, -0.2) is 44.0 Å². The number of H-pyrrole nitrogens is 1. The van der Waals surface area contributed by atoms with Crippen LogP contribution < -0.4 is 0 Å². The van der Waals surface area contributed by atoms with E-state index in [4.69, 9.17) is 4.74 Å². The second kappa shape index (κ2) is 8.85. The molecule has 8 heteroatoms. The van der Waals surface area contributed by atoms with E-state index in [0.717, 1.165) is 53.0 Å². The molecule has 152 valence electrons. The van der Waals surface area contributed by atoms with E-state index >= 15 is 0 Å². The van der Waals surface area contributed by atoms with Crippen LogP contribution in [0.1, 0.15) is 34.6 Å². The van der Waals surface area contributed by atoms with Gasteiger partial charge in [0.1, 0.15) is 0 Å². The molecule has 0 saturated carbocycles. The molecular weight excluding hydrogens is 452 g/mol. The van der Waals surface area contributed by atoms with Crippen LogP contribution in [0.2, 0.25) is 0 Å². The van der Waals surface area contributed by atoms with Crippen LogP contribution in [0.25, 0.3) is 11.4 Å². The minimum absolute atomic E-state index is 0.0941. The molecule has 4 rings (SSSR count). The lowest BCUT2D eigenvalue weighted by atomic mass is 10.2. The van der Waals surface area contributed by atoms with Crippen LogP contribution in [0.4, 0.5) is 0 Å². The summed E-state index contributed by atoms with van der Waals surface area (Å²) >= 11 is 4.78. The number of hydrogen-bond donors (Lipinski definition) is 1. The van der Waals surface area contributed by atoms with E-state index in [1.54, 1.807) is 0 Å². The Bertz CT molecular complexity index is 1010. The predicted octanol–water partition coefficient (Wildman–Crippen LogP) is 4.81. The van der Waals surface area contributed by atoms with Crippen LogP contribution in [-0.2, 0) is 11.3 Å². The van der Waals surface area contributed by atoms with Gasteiger partial charge in [-0.05, 0) is 44.9 Å². The highest BCUT2D eigenvalue weighted by molar-refractivity contribution is 9.10. The number of ketones is 1. The number of hydrogen-bond acceptors (Lipinski definition) is 5. The smallest absolute Gasteiger partial charge is 0.209 e. The summed E-state index contributed by atoms with van der Waals surface area (Å²) in [4.78, 5) is 17.3. The number of nitrogens with one attached hydrogen (secondary N) is 1. The third kappa shape index (κ3) is 4.65.